The normalized spacial score (nSPS) is 33.9. The first-order valence-electron chi connectivity index (χ1n) is 3.02. The van der Waals surface area contributed by atoms with E-state index in [1.807, 2.05) is 0 Å². The molecule has 1 fully saturated rings. The molecular weight excluding hydrogens is 189 g/mol. The largest absolute Gasteiger partial charge is 0.153 e. The van der Waals surface area contributed by atoms with Crippen LogP contribution in [0, 0.1) is 0 Å². The van der Waals surface area contributed by atoms with E-state index in [9.17, 15) is 0 Å². The quantitative estimate of drug-likeness (QED) is 0.442. The van der Waals surface area contributed by atoms with Crippen LogP contribution < -0.4 is 9.34 Å². The Hall–Kier alpha value is 0.986. The van der Waals surface area contributed by atoms with Gasteiger partial charge in [-0.25, -0.2) is 0 Å². The van der Waals surface area contributed by atoms with Crippen LogP contribution in [0.15, 0.2) is 0 Å². The zero-order chi connectivity index (χ0) is 5.98. The van der Waals surface area contributed by atoms with Crippen molar-refractivity contribution in [3.8, 4) is 0 Å². The summed E-state index contributed by atoms with van der Waals surface area (Å²) < 4.78 is 3.29. The maximum atomic E-state index is 3.37. The minimum absolute atomic E-state index is 0. The van der Waals surface area contributed by atoms with Crippen molar-refractivity contribution in [1.82, 2.24) is 9.34 Å². The molecule has 0 bridgehead atoms. The third-order valence-corrected chi connectivity index (χ3v) is 2.58. The van der Waals surface area contributed by atoms with Crippen molar-refractivity contribution in [2.45, 2.75) is 25.4 Å². The van der Waals surface area contributed by atoms with Crippen molar-refractivity contribution in [2.24, 2.45) is 0 Å². The van der Waals surface area contributed by atoms with E-state index in [2.05, 4.69) is 16.3 Å². The van der Waals surface area contributed by atoms with Crippen molar-refractivity contribution in [3.05, 3.63) is 0 Å². The predicted molar refractivity (Wildman–Crippen MR) is 45.9 cm³/mol. The van der Waals surface area contributed by atoms with Crippen molar-refractivity contribution < 1.29 is 0 Å². The molecular formula is C5H14GaN2P. The molecule has 1 heterocycles. The van der Waals surface area contributed by atoms with E-state index < -0.39 is 0 Å². The molecule has 2 N–H and O–H groups in total. The Bertz CT molecular complexity index is 81.4. The van der Waals surface area contributed by atoms with Crippen LogP contribution in [-0.4, -0.2) is 37.5 Å². The maximum absolute atomic E-state index is 3.37. The van der Waals surface area contributed by atoms with Gasteiger partial charge in [0.15, 0.2) is 0 Å². The summed E-state index contributed by atoms with van der Waals surface area (Å²) in [5.41, 5.74) is 0. The average Bonchev–Trinajstić information content (AvgIpc) is 2.14. The van der Waals surface area contributed by atoms with Crippen LogP contribution in [0.2, 0.25) is 0 Å². The molecule has 0 aromatic heterocycles. The van der Waals surface area contributed by atoms with E-state index in [0.29, 0.717) is 0 Å². The van der Waals surface area contributed by atoms with Gasteiger partial charge in [-0.2, -0.15) is 9.90 Å². The van der Waals surface area contributed by atoms with Gasteiger partial charge in [-0.3, -0.25) is 0 Å². The van der Waals surface area contributed by atoms with Crippen molar-refractivity contribution in [3.63, 3.8) is 0 Å². The minimum Gasteiger partial charge on any atom is -0.153 e. The molecule has 1 aliphatic heterocycles. The van der Waals surface area contributed by atoms with E-state index in [-0.39, 0.29) is 9.90 Å². The SMILES string of the molecule is CC1CC([NH][Ga])CN1.P. The molecule has 1 rings (SSSR count). The van der Waals surface area contributed by atoms with E-state index in [0.717, 1.165) is 18.6 Å². The second kappa shape index (κ2) is 4.75. The average molecular weight is 203 g/mol. The van der Waals surface area contributed by atoms with Gasteiger partial charge in [-0.05, 0) is 0 Å². The maximum Gasteiger partial charge on any atom is -0.153 e. The topological polar surface area (TPSA) is 24.1 Å². The smallest absolute Gasteiger partial charge is 0.153 e. The molecule has 0 saturated carbocycles. The molecule has 3 unspecified atom stereocenters. The zero-order valence-electron chi connectivity index (χ0n) is 5.85. The fourth-order valence-electron chi connectivity index (χ4n) is 1.06. The molecule has 0 aliphatic carbocycles. The monoisotopic (exact) mass is 202 g/mol. The van der Waals surface area contributed by atoms with E-state index in [4.69, 9.17) is 0 Å². The van der Waals surface area contributed by atoms with Gasteiger partial charge in [0.1, 0.15) is 0 Å². The number of hydrogen-bond acceptors (Lipinski definition) is 2. The van der Waals surface area contributed by atoms with Gasteiger partial charge < -0.3 is 0 Å². The molecule has 0 aromatic carbocycles. The summed E-state index contributed by atoms with van der Waals surface area (Å²) in [5, 5.41) is 3.37. The summed E-state index contributed by atoms with van der Waals surface area (Å²) in [7, 11) is 0. The van der Waals surface area contributed by atoms with Crippen LogP contribution in [0.25, 0.3) is 0 Å². The summed E-state index contributed by atoms with van der Waals surface area (Å²) in [5.74, 6) is 0. The molecule has 9 heavy (non-hydrogen) atoms. The van der Waals surface area contributed by atoms with Crippen LogP contribution in [0.5, 0.6) is 0 Å². The molecule has 0 aromatic rings. The van der Waals surface area contributed by atoms with Crippen molar-refractivity contribution >= 4 is 28.7 Å². The summed E-state index contributed by atoms with van der Waals surface area (Å²) >= 11 is 1.62. The number of rotatable bonds is 1. The predicted octanol–water partition coefficient (Wildman–Crippen LogP) is -0.532. The molecule has 0 spiro atoms. The molecule has 3 atom stereocenters. The Morgan fingerprint density at radius 1 is 1.67 bits per heavy atom. The second-order valence-electron chi connectivity index (χ2n) is 2.41. The van der Waals surface area contributed by atoms with Crippen LogP contribution in [0.1, 0.15) is 13.3 Å². The van der Waals surface area contributed by atoms with Gasteiger partial charge in [-0.15, -0.1) is 0 Å². The molecule has 1 saturated heterocycles. The zero-order valence-corrected chi connectivity index (χ0v) is 9.69. The van der Waals surface area contributed by atoms with E-state index in [1.165, 1.54) is 6.42 Å². The van der Waals surface area contributed by atoms with Crippen LogP contribution in [0.3, 0.4) is 0 Å². The fourth-order valence-corrected chi connectivity index (χ4v) is 1.60. The van der Waals surface area contributed by atoms with E-state index in [1.54, 1.807) is 18.8 Å². The molecule has 4 heteroatoms. The van der Waals surface area contributed by atoms with Gasteiger partial charge >= 0.3 is 60.2 Å². The molecule has 2 nitrogen and oxygen atoms in total. The molecule has 1 aliphatic rings. The first-order valence-corrected chi connectivity index (χ1v) is 4.23. The van der Waals surface area contributed by atoms with Gasteiger partial charge in [0, 0.05) is 0 Å². The van der Waals surface area contributed by atoms with Crippen molar-refractivity contribution in [2.75, 3.05) is 6.54 Å². The number of nitrogens with one attached hydrogen (secondary N) is 2. The number of hydrogen-bond donors (Lipinski definition) is 2. The van der Waals surface area contributed by atoms with Crippen LogP contribution in [-0.2, 0) is 0 Å². The Kier molecular flexibility index (Phi) is 5.27. The summed E-state index contributed by atoms with van der Waals surface area (Å²) in [6.07, 6.45) is 1.29. The second-order valence-corrected chi connectivity index (χ2v) is 3.11. The Balaban J connectivity index is 0.000000640. The standard InChI is InChI=1S/C5H11N2.Ga.H3P/c1-4-2-5(6)3-7-4;;/h4-7H,2-3H2,1H3;;1H3/q-1;+1;. The summed E-state index contributed by atoms with van der Waals surface area (Å²) in [6, 6.07) is 1.47. The molecule has 2 radical (unpaired) electrons. The van der Waals surface area contributed by atoms with Crippen LogP contribution in [0.4, 0.5) is 0 Å². The third kappa shape index (κ3) is 3.05. The van der Waals surface area contributed by atoms with E-state index >= 15 is 0 Å². The first kappa shape index (κ1) is 9.99. The van der Waals surface area contributed by atoms with Gasteiger partial charge in [0.2, 0.25) is 0 Å². The summed E-state index contributed by atoms with van der Waals surface area (Å²) in [6.45, 7) is 3.38. The van der Waals surface area contributed by atoms with Gasteiger partial charge in [0.05, 0.1) is 0 Å². The van der Waals surface area contributed by atoms with Crippen molar-refractivity contribution in [1.29, 1.82) is 0 Å². The van der Waals surface area contributed by atoms with Gasteiger partial charge in [-0.1, -0.05) is 0 Å². The Labute approximate surface area is 70.4 Å². The fraction of sp³-hybridized carbons (Fsp3) is 1.00. The third-order valence-electron chi connectivity index (χ3n) is 1.59. The van der Waals surface area contributed by atoms with Crippen LogP contribution >= 0.6 is 9.90 Å². The Morgan fingerprint density at radius 3 is 2.56 bits per heavy atom. The minimum atomic E-state index is 0. The Morgan fingerprint density at radius 2 is 2.33 bits per heavy atom. The van der Waals surface area contributed by atoms with Gasteiger partial charge in [0.25, 0.3) is 0 Å². The first-order chi connectivity index (χ1) is 3.83. The summed E-state index contributed by atoms with van der Waals surface area (Å²) in [4.78, 5) is 0. The molecule has 52 valence electrons. The molecule has 0 amide bonds.